The summed E-state index contributed by atoms with van der Waals surface area (Å²) >= 11 is 0. The Kier molecular flexibility index (Phi) is 49.8. The lowest BCUT2D eigenvalue weighted by Gasteiger charge is -2.49. The number of hydrogen-bond donors (Lipinski definition) is 11. The lowest BCUT2D eigenvalue weighted by Crippen LogP contribution is -2.69. The van der Waals surface area contributed by atoms with Crippen LogP contribution in [0.3, 0.4) is 0 Å². The van der Waals surface area contributed by atoms with Crippen molar-refractivity contribution < 1.29 is 117 Å². The Bertz CT molecular complexity index is 2060. The van der Waals surface area contributed by atoms with Crippen LogP contribution in [0, 0.1) is 0 Å². The van der Waals surface area contributed by atoms with Crippen LogP contribution in [0.2, 0.25) is 0 Å². The molecule has 0 bridgehead atoms. The number of rotatable bonds is 59. The van der Waals surface area contributed by atoms with Crippen LogP contribution in [0.1, 0.15) is 297 Å². The van der Waals surface area contributed by atoms with Crippen LogP contribution in [-0.4, -0.2) is 204 Å². The molecule has 0 spiro atoms. The zero-order chi connectivity index (χ0) is 71.1. The number of allylic oxidation sites excluding steroid dienone is 2. The van der Waals surface area contributed by atoms with E-state index < -0.39 is 156 Å². The Labute approximate surface area is 580 Å². The molecule has 97 heavy (non-hydrogen) atoms. The van der Waals surface area contributed by atoms with Crippen LogP contribution >= 0.6 is 7.82 Å². The summed E-state index contributed by atoms with van der Waals surface area (Å²) in [4.78, 5) is 51.0. The maximum atomic E-state index is 14.3. The first kappa shape index (κ1) is 88.9. The van der Waals surface area contributed by atoms with Gasteiger partial charge in [0.2, 0.25) is 0 Å². The van der Waals surface area contributed by atoms with Crippen LogP contribution in [0.25, 0.3) is 0 Å². The van der Waals surface area contributed by atoms with E-state index in [0.29, 0.717) is 19.3 Å². The van der Waals surface area contributed by atoms with Gasteiger partial charge in [0.1, 0.15) is 98.7 Å². The van der Waals surface area contributed by atoms with E-state index in [-0.39, 0.29) is 19.3 Å². The molecule has 2 aliphatic heterocycles. The van der Waals surface area contributed by atoms with Gasteiger partial charge in [-0.25, -0.2) is 4.57 Å². The van der Waals surface area contributed by atoms with Gasteiger partial charge in [-0.05, 0) is 44.9 Å². The molecule has 1 aliphatic carbocycles. The van der Waals surface area contributed by atoms with Gasteiger partial charge in [0.25, 0.3) is 0 Å². The Morgan fingerprint density at radius 2 is 0.722 bits per heavy atom. The quantitative estimate of drug-likeness (QED) is 0.00886. The fourth-order valence-electron chi connectivity index (χ4n) is 12.6. The number of aliphatic hydroxyl groups excluding tert-OH is 10. The standard InChI is InChI=1S/C72H133O24P/c1-4-7-10-13-16-19-22-25-26-27-28-30-33-34-37-40-43-46-56(74)88-50-53(91-58(76)48-45-42-39-36-31-24-21-18-15-12-9-6-3)51-90-97(86,87)96-70-68(94-71-66(84)61(79)59(77)54(49-73)92-71)64(82)63(81)65(83)69(70)95-72-67(85)62(80)60(78)55(93-72)52-89-57(75)47-44-41-38-35-32-29-23-20-17-14-11-8-5-2/h29,32,53-55,59-73,77-85H,4-28,30-31,33-52H2,1-3H3,(H,86,87)/b32-29-. The number of phosphoric acid groups is 1. The number of esters is 3. The average molecular weight is 1410 g/mol. The number of ether oxygens (including phenoxy) is 7. The predicted molar refractivity (Wildman–Crippen MR) is 365 cm³/mol. The molecule has 3 rings (SSSR count). The van der Waals surface area contributed by atoms with Gasteiger partial charge < -0.3 is 89.1 Å². The van der Waals surface area contributed by atoms with Crippen molar-refractivity contribution in [2.24, 2.45) is 0 Å². The topological polar surface area (TPSA) is 374 Å². The first-order valence-corrected chi connectivity index (χ1v) is 39.5. The predicted octanol–water partition coefficient (Wildman–Crippen LogP) is 10.4. The molecule has 18 atom stereocenters. The van der Waals surface area contributed by atoms with Gasteiger partial charge >= 0.3 is 25.7 Å². The molecule has 2 saturated heterocycles. The van der Waals surface area contributed by atoms with E-state index >= 15 is 0 Å². The highest BCUT2D eigenvalue weighted by Crippen LogP contribution is 2.49. The maximum Gasteiger partial charge on any atom is 0.472 e. The number of carbonyl (C=O) groups excluding carboxylic acids is 3. The van der Waals surface area contributed by atoms with Gasteiger partial charge in [-0.1, -0.05) is 245 Å². The molecule has 18 unspecified atom stereocenters. The van der Waals surface area contributed by atoms with Crippen LogP contribution in [0.5, 0.6) is 0 Å². The lowest BCUT2D eigenvalue weighted by molar-refractivity contribution is -0.360. The monoisotopic (exact) mass is 1410 g/mol. The molecule has 0 aromatic heterocycles. The van der Waals surface area contributed by atoms with Crippen LogP contribution in [-0.2, 0) is 61.2 Å². The number of carbonyl (C=O) groups is 3. The highest BCUT2D eigenvalue weighted by Gasteiger charge is 2.58. The third kappa shape index (κ3) is 37.6. The second kappa shape index (κ2) is 54.4. The first-order chi connectivity index (χ1) is 46.8. The smallest absolute Gasteiger partial charge is 0.463 e. The van der Waals surface area contributed by atoms with E-state index in [1.54, 1.807) is 0 Å². The molecule has 25 heteroatoms. The van der Waals surface area contributed by atoms with Crippen molar-refractivity contribution in [1.29, 1.82) is 0 Å². The summed E-state index contributed by atoms with van der Waals surface area (Å²) in [6.07, 6.45) is 12.9. The summed E-state index contributed by atoms with van der Waals surface area (Å²) in [5, 5.41) is 110. The van der Waals surface area contributed by atoms with E-state index in [4.69, 9.17) is 42.2 Å². The highest BCUT2D eigenvalue weighted by atomic mass is 31.2. The van der Waals surface area contributed by atoms with E-state index in [1.807, 2.05) is 0 Å². The fraction of sp³-hybridized carbons (Fsp3) is 0.931. The first-order valence-electron chi connectivity index (χ1n) is 38.0. The highest BCUT2D eigenvalue weighted by molar-refractivity contribution is 7.47. The van der Waals surface area contributed by atoms with E-state index in [1.165, 1.54) is 148 Å². The van der Waals surface area contributed by atoms with Crippen molar-refractivity contribution in [1.82, 2.24) is 0 Å². The third-order valence-corrected chi connectivity index (χ3v) is 19.8. The minimum Gasteiger partial charge on any atom is -0.463 e. The second-order valence-corrected chi connectivity index (χ2v) is 28.8. The van der Waals surface area contributed by atoms with Crippen molar-refractivity contribution in [2.75, 3.05) is 26.4 Å². The fourth-order valence-corrected chi connectivity index (χ4v) is 13.5. The van der Waals surface area contributed by atoms with Gasteiger partial charge in [0, 0.05) is 19.3 Å². The number of hydrogen-bond acceptors (Lipinski definition) is 23. The van der Waals surface area contributed by atoms with Crippen LogP contribution < -0.4 is 0 Å². The van der Waals surface area contributed by atoms with Crippen molar-refractivity contribution in [3.05, 3.63) is 12.2 Å². The van der Waals surface area contributed by atoms with Crippen LogP contribution in [0.4, 0.5) is 0 Å². The normalized spacial score (nSPS) is 27.8. The summed E-state index contributed by atoms with van der Waals surface area (Å²) in [5.74, 6) is -1.99. The Morgan fingerprint density at radius 1 is 0.392 bits per heavy atom. The number of phosphoric ester groups is 1. The molecule has 0 radical (unpaired) electrons. The molecule has 570 valence electrons. The van der Waals surface area contributed by atoms with Gasteiger partial charge in [-0.15, -0.1) is 0 Å². The van der Waals surface area contributed by atoms with Crippen molar-refractivity contribution >= 4 is 25.7 Å². The van der Waals surface area contributed by atoms with Crippen molar-refractivity contribution in [3.8, 4) is 0 Å². The molecule has 24 nitrogen and oxygen atoms in total. The minimum absolute atomic E-state index is 0.00938. The van der Waals surface area contributed by atoms with Gasteiger partial charge in [-0.2, -0.15) is 0 Å². The number of unbranched alkanes of at least 4 members (excludes halogenated alkanes) is 36. The SMILES string of the molecule is CCCCCCCC/C=C\CCCCCC(=O)OCC1OC(OC2C(O)C(O)C(O)C(OC3OC(CO)C(O)C(O)C3O)C2OP(=O)(O)OCC(COC(=O)CCCCCCCCCCCCCCCCCCC)OC(=O)CCCCCCCCCCCCCC)C(O)C(O)C1O. The summed E-state index contributed by atoms with van der Waals surface area (Å²) in [6.45, 7) is 3.44. The lowest BCUT2D eigenvalue weighted by atomic mass is 9.84. The number of aliphatic hydroxyl groups is 10. The minimum atomic E-state index is -5.69. The molecular weight excluding hydrogens is 1280 g/mol. The molecule has 0 amide bonds. The van der Waals surface area contributed by atoms with E-state index in [9.17, 15) is 74.9 Å². The molecule has 3 fully saturated rings. The molecule has 1 saturated carbocycles. The van der Waals surface area contributed by atoms with E-state index in [0.717, 1.165) is 89.9 Å². The Balaban J connectivity index is 1.73. The van der Waals surface area contributed by atoms with Gasteiger partial charge in [0.05, 0.1) is 13.2 Å². The molecule has 0 aromatic carbocycles. The zero-order valence-corrected chi connectivity index (χ0v) is 60.3. The summed E-state index contributed by atoms with van der Waals surface area (Å²) in [6, 6.07) is 0. The zero-order valence-electron chi connectivity index (χ0n) is 59.4. The molecule has 3 aliphatic rings. The second-order valence-electron chi connectivity index (χ2n) is 27.4. The molecule has 2 heterocycles. The molecule has 0 aromatic rings. The Morgan fingerprint density at radius 3 is 1.12 bits per heavy atom. The van der Waals surface area contributed by atoms with Crippen molar-refractivity contribution in [3.63, 3.8) is 0 Å². The summed E-state index contributed by atoms with van der Waals surface area (Å²) < 4.78 is 65.0. The summed E-state index contributed by atoms with van der Waals surface area (Å²) in [7, 11) is -5.69. The molecule has 11 N–H and O–H groups in total. The molecular formula is C72H133O24P. The van der Waals surface area contributed by atoms with Gasteiger partial charge in [-0.3, -0.25) is 23.4 Å². The third-order valence-electron chi connectivity index (χ3n) is 18.8. The largest absolute Gasteiger partial charge is 0.472 e. The van der Waals surface area contributed by atoms with Gasteiger partial charge in [0.15, 0.2) is 18.7 Å². The summed E-state index contributed by atoms with van der Waals surface area (Å²) in [5.41, 5.74) is 0. The van der Waals surface area contributed by atoms with Crippen molar-refractivity contribution in [2.45, 2.75) is 401 Å². The van der Waals surface area contributed by atoms with E-state index in [2.05, 4.69) is 32.9 Å². The maximum absolute atomic E-state index is 14.3. The average Bonchev–Trinajstić information content (AvgIpc) is 0.767. The van der Waals surface area contributed by atoms with Crippen LogP contribution in [0.15, 0.2) is 12.2 Å². The Hall–Kier alpha value is -2.30.